The molecule has 0 aliphatic carbocycles. The highest BCUT2D eigenvalue weighted by Gasteiger charge is 2.34. The third-order valence-corrected chi connectivity index (χ3v) is 4.73. The molecule has 26 heavy (non-hydrogen) atoms. The number of hydrogen-bond acceptors (Lipinski definition) is 3. The molecule has 1 amide bonds. The fourth-order valence-electron chi connectivity index (χ4n) is 3.75. The molecule has 1 aromatic rings. The van der Waals surface area contributed by atoms with Crippen LogP contribution in [0.25, 0.3) is 0 Å². The second-order valence-electron chi connectivity index (χ2n) is 6.74. The highest BCUT2D eigenvalue weighted by Crippen LogP contribution is 2.33. The molecule has 2 saturated heterocycles. The Morgan fingerprint density at radius 3 is 2.23 bits per heavy atom. The van der Waals surface area contributed by atoms with Crippen molar-refractivity contribution in [1.29, 1.82) is 0 Å². The van der Waals surface area contributed by atoms with Gasteiger partial charge in [0.15, 0.2) is 0 Å². The summed E-state index contributed by atoms with van der Waals surface area (Å²) >= 11 is 0. The van der Waals surface area contributed by atoms with Crippen LogP contribution in [-0.2, 0) is 4.79 Å². The van der Waals surface area contributed by atoms with Crippen LogP contribution >= 0.6 is 24.8 Å². The first kappa shape index (κ1) is 22.9. The van der Waals surface area contributed by atoms with E-state index in [1.165, 1.54) is 18.9 Å². The molecule has 2 fully saturated rings. The maximum atomic E-state index is 12.4. The summed E-state index contributed by atoms with van der Waals surface area (Å²) in [6, 6.07) is 7.51. The highest BCUT2D eigenvalue weighted by atomic mass is 35.5. The summed E-state index contributed by atoms with van der Waals surface area (Å²) in [7, 11) is 0. The molecule has 2 aliphatic rings. The van der Waals surface area contributed by atoms with E-state index in [0.717, 1.165) is 12.8 Å². The van der Waals surface area contributed by atoms with E-state index in [9.17, 15) is 18.0 Å². The Hall–Kier alpha value is -1.18. The van der Waals surface area contributed by atoms with Crippen LogP contribution in [0, 0.1) is 5.92 Å². The normalized spacial score (nSPS) is 24.2. The summed E-state index contributed by atoms with van der Waals surface area (Å²) in [6.45, 7) is -1.13. The van der Waals surface area contributed by atoms with Gasteiger partial charge in [-0.2, -0.15) is 13.2 Å². The summed E-state index contributed by atoms with van der Waals surface area (Å²) in [5.74, 6) is 0.210. The number of hydrogen-bond donors (Lipinski definition) is 3. The van der Waals surface area contributed by atoms with Gasteiger partial charge in [0, 0.05) is 18.5 Å². The van der Waals surface area contributed by atoms with Crippen LogP contribution in [0.5, 0.6) is 0 Å². The Labute approximate surface area is 163 Å². The second-order valence-corrected chi connectivity index (χ2v) is 6.74. The van der Waals surface area contributed by atoms with Crippen LogP contribution in [0.1, 0.15) is 32.1 Å². The highest BCUT2D eigenvalue weighted by molar-refractivity contribution is 5.94. The van der Waals surface area contributed by atoms with E-state index in [4.69, 9.17) is 0 Å². The van der Waals surface area contributed by atoms with Crippen LogP contribution in [0.15, 0.2) is 24.3 Å². The minimum atomic E-state index is -4.30. The average molecular weight is 414 g/mol. The number of amides is 1. The van der Waals surface area contributed by atoms with Crippen molar-refractivity contribution in [3.63, 3.8) is 0 Å². The predicted octanol–water partition coefficient (Wildman–Crippen LogP) is 4.36. The summed E-state index contributed by atoms with van der Waals surface area (Å²) in [4.78, 5) is 12.3. The van der Waals surface area contributed by atoms with Gasteiger partial charge in [0.1, 0.15) is 6.54 Å². The molecule has 0 radical (unpaired) electrons. The molecule has 2 aliphatic heterocycles. The molecule has 2 atom stereocenters. The van der Waals surface area contributed by atoms with Gasteiger partial charge in [-0.3, -0.25) is 4.79 Å². The van der Waals surface area contributed by atoms with E-state index in [2.05, 4.69) is 16.0 Å². The maximum Gasteiger partial charge on any atom is 0.405 e. The molecule has 9 heteroatoms. The van der Waals surface area contributed by atoms with Gasteiger partial charge < -0.3 is 16.0 Å². The first-order valence-electron chi connectivity index (χ1n) is 8.34. The number of benzene rings is 1. The molecule has 0 aromatic heterocycles. The smallest absolute Gasteiger partial charge is 0.375 e. The third-order valence-electron chi connectivity index (χ3n) is 4.73. The Morgan fingerprint density at radius 1 is 1.08 bits per heavy atom. The van der Waals surface area contributed by atoms with Crippen molar-refractivity contribution in [1.82, 2.24) is 5.32 Å². The first-order chi connectivity index (χ1) is 11.4. The topological polar surface area (TPSA) is 53.2 Å². The molecule has 0 spiro atoms. The average Bonchev–Trinajstić information content (AvgIpc) is 2.84. The van der Waals surface area contributed by atoms with Crippen molar-refractivity contribution in [2.45, 2.75) is 50.4 Å². The van der Waals surface area contributed by atoms with Crippen LogP contribution in [0.3, 0.4) is 0 Å². The quantitative estimate of drug-likeness (QED) is 0.671. The molecule has 4 nitrogen and oxygen atoms in total. The van der Waals surface area contributed by atoms with Gasteiger partial charge in [0.05, 0.1) is 11.4 Å². The van der Waals surface area contributed by atoms with E-state index >= 15 is 0 Å². The molecule has 2 unspecified atom stereocenters. The molecule has 2 bridgehead atoms. The maximum absolute atomic E-state index is 12.4. The van der Waals surface area contributed by atoms with Gasteiger partial charge in [-0.05, 0) is 43.7 Å². The Balaban J connectivity index is 0.00000169. The fourth-order valence-corrected chi connectivity index (χ4v) is 3.75. The zero-order valence-electron chi connectivity index (χ0n) is 14.1. The lowest BCUT2D eigenvalue weighted by Gasteiger charge is -2.28. The number of carbonyl (C=O) groups excluding carboxylic acids is 1. The van der Waals surface area contributed by atoms with E-state index in [1.54, 1.807) is 18.2 Å². The lowest BCUT2D eigenvalue weighted by atomic mass is 9.89. The van der Waals surface area contributed by atoms with Crippen molar-refractivity contribution in [3.8, 4) is 0 Å². The summed E-state index contributed by atoms with van der Waals surface area (Å²) in [5.41, 5.74) is 0.678. The van der Waals surface area contributed by atoms with Crippen molar-refractivity contribution in [2.24, 2.45) is 5.92 Å². The van der Waals surface area contributed by atoms with Gasteiger partial charge in [-0.25, -0.2) is 0 Å². The largest absolute Gasteiger partial charge is 0.405 e. The standard InChI is InChI=1S/C17H22F3N3O.2ClH/c18-17(19,20)10-21-14-3-1-2-4-15(14)23-16(24)9-11-7-12-5-6-13(8-11)22-12;;/h1-4,11-13,21-22H,5-10H2,(H,23,24);2*1H. The lowest BCUT2D eigenvalue weighted by molar-refractivity contribution is -0.117. The zero-order chi connectivity index (χ0) is 17.2. The predicted molar refractivity (Wildman–Crippen MR) is 101 cm³/mol. The lowest BCUT2D eigenvalue weighted by Crippen LogP contribution is -2.39. The van der Waals surface area contributed by atoms with Gasteiger partial charge in [0.2, 0.25) is 5.91 Å². The number of nitrogens with one attached hydrogen (secondary N) is 3. The number of carbonyl (C=O) groups is 1. The van der Waals surface area contributed by atoms with Gasteiger partial charge >= 0.3 is 6.18 Å². The summed E-state index contributed by atoms with van der Waals surface area (Å²) in [6.07, 6.45) is 0.462. The number of alkyl halides is 3. The minimum absolute atomic E-state index is 0. The Kier molecular flexibility index (Phi) is 8.50. The van der Waals surface area contributed by atoms with Crippen molar-refractivity contribution < 1.29 is 18.0 Å². The van der Waals surface area contributed by atoms with Gasteiger partial charge in [-0.15, -0.1) is 24.8 Å². The van der Waals surface area contributed by atoms with E-state index in [1.807, 2.05) is 0 Å². The van der Waals surface area contributed by atoms with E-state index < -0.39 is 12.7 Å². The number of rotatable bonds is 5. The third kappa shape index (κ3) is 6.52. The first-order valence-corrected chi connectivity index (χ1v) is 8.34. The molecule has 0 saturated carbocycles. The summed E-state index contributed by atoms with van der Waals surface area (Å²) < 4.78 is 37.1. The molecule has 148 valence electrons. The van der Waals surface area contributed by atoms with Crippen LogP contribution in [-0.4, -0.2) is 30.7 Å². The van der Waals surface area contributed by atoms with E-state index in [0.29, 0.717) is 30.1 Å². The Bertz CT molecular complexity index is 589. The summed E-state index contributed by atoms with van der Waals surface area (Å²) in [5, 5.41) is 8.63. The number of anilines is 2. The minimum Gasteiger partial charge on any atom is -0.375 e. The van der Waals surface area contributed by atoms with Crippen molar-refractivity contribution in [2.75, 3.05) is 17.2 Å². The SMILES string of the molecule is Cl.Cl.O=C(CC1CC2CCC(C1)N2)Nc1ccccc1NCC(F)(F)F. The molecule has 2 heterocycles. The Morgan fingerprint density at radius 2 is 1.65 bits per heavy atom. The number of halogens is 5. The van der Waals surface area contributed by atoms with Crippen molar-refractivity contribution in [3.05, 3.63) is 24.3 Å². The number of fused-ring (bicyclic) bond motifs is 2. The number of piperidine rings is 1. The number of para-hydroxylation sites is 2. The fraction of sp³-hybridized carbons (Fsp3) is 0.588. The molecule has 1 aromatic carbocycles. The molecular formula is C17H24Cl2F3N3O. The second kappa shape index (κ2) is 9.67. The van der Waals surface area contributed by atoms with E-state index in [-0.39, 0.29) is 36.4 Å². The molecule has 3 N–H and O–H groups in total. The van der Waals surface area contributed by atoms with Crippen LogP contribution < -0.4 is 16.0 Å². The van der Waals surface area contributed by atoms with Crippen LogP contribution in [0.2, 0.25) is 0 Å². The van der Waals surface area contributed by atoms with Gasteiger partial charge in [-0.1, -0.05) is 12.1 Å². The van der Waals surface area contributed by atoms with Crippen molar-refractivity contribution >= 4 is 42.1 Å². The van der Waals surface area contributed by atoms with Gasteiger partial charge in [0.25, 0.3) is 0 Å². The molecular weight excluding hydrogens is 390 g/mol. The molecule has 3 rings (SSSR count). The zero-order valence-corrected chi connectivity index (χ0v) is 15.8. The monoisotopic (exact) mass is 413 g/mol. The van der Waals surface area contributed by atoms with Crippen LogP contribution in [0.4, 0.5) is 24.5 Å².